The van der Waals surface area contributed by atoms with E-state index in [0.29, 0.717) is 41.4 Å². The quantitative estimate of drug-likeness (QED) is 0.441. The van der Waals surface area contributed by atoms with Crippen LogP contribution >= 0.6 is 11.6 Å². The molecule has 35 heavy (non-hydrogen) atoms. The van der Waals surface area contributed by atoms with Crippen LogP contribution in [0.5, 0.6) is 5.75 Å². The number of benzene rings is 2. The highest BCUT2D eigenvalue weighted by Gasteiger charge is 2.27. The van der Waals surface area contributed by atoms with E-state index in [9.17, 15) is 9.59 Å². The number of ether oxygens (including phenoxy) is 1. The molecule has 8 nitrogen and oxygen atoms in total. The highest BCUT2D eigenvalue weighted by Crippen LogP contribution is 2.23. The minimum atomic E-state index is -0.333. The number of aryl methyl sites for hydroxylation is 1. The molecule has 0 aliphatic carbocycles. The summed E-state index contributed by atoms with van der Waals surface area (Å²) in [5.41, 5.74) is 4.12. The summed E-state index contributed by atoms with van der Waals surface area (Å²) in [4.78, 5) is 28.8. The third-order valence-corrected chi connectivity index (χ3v) is 6.61. The molecule has 9 heteroatoms. The van der Waals surface area contributed by atoms with Crippen LogP contribution in [0.2, 0.25) is 5.02 Å². The third kappa shape index (κ3) is 4.42. The van der Waals surface area contributed by atoms with Crippen molar-refractivity contribution in [2.24, 2.45) is 0 Å². The van der Waals surface area contributed by atoms with Crippen LogP contribution in [0.1, 0.15) is 34.1 Å². The number of carbonyl (C=O) groups excluding carboxylic acids is 1. The molecule has 1 N–H and O–H groups in total. The lowest BCUT2D eigenvalue weighted by Gasteiger charge is -2.30. The van der Waals surface area contributed by atoms with Gasteiger partial charge in [0.05, 0.1) is 18.9 Å². The second kappa shape index (κ2) is 9.56. The minimum Gasteiger partial charge on any atom is -0.497 e. The fraction of sp³-hybridized carbons (Fsp3) is 0.269. The molecule has 0 saturated carbocycles. The molecule has 2 aromatic carbocycles. The molecule has 0 atom stereocenters. The summed E-state index contributed by atoms with van der Waals surface area (Å²) in [5.74, 6) is 0.487. The van der Waals surface area contributed by atoms with Gasteiger partial charge in [0.15, 0.2) is 5.65 Å². The van der Waals surface area contributed by atoms with Gasteiger partial charge in [0.2, 0.25) is 0 Å². The molecular formula is C26H26ClN5O3. The molecule has 0 fully saturated rings. The predicted molar refractivity (Wildman–Crippen MR) is 135 cm³/mol. The molecule has 1 aliphatic heterocycles. The standard InChI is InChI=1S/C26H26ClN5O3/c1-3-31-23-11-12-30(15-17-7-9-20(35-2)10-8-17)16-22(23)26(34)32-25(31)21(14-28-32)24(33)29-19-6-4-5-18(27)13-19/h4-10,13-14H,3,11-12,15-16H2,1-2H3,(H,29,33). The number of halogens is 1. The van der Waals surface area contributed by atoms with Crippen molar-refractivity contribution in [2.75, 3.05) is 19.0 Å². The summed E-state index contributed by atoms with van der Waals surface area (Å²) >= 11 is 6.05. The fourth-order valence-corrected chi connectivity index (χ4v) is 4.88. The Bertz CT molecular complexity index is 1460. The summed E-state index contributed by atoms with van der Waals surface area (Å²) in [6.45, 7) is 4.71. The van der Waals surface area contributed by atoms with Gasteiger partial charge in [0, 0.05) is 49.0 Å². The van der Waals surface area contributed by atoms with Gasteiger partial charge < -0.3 is 14.6 Å². The van der Waals surface area contributed by atoms with Crippen LogP contribution in [0.15, 0.2) is 59.5 Å². The number of amides is 1. The van der Waals surface area contributed by atoms with Crippen LogP contribution in [0, 0.1) is 0 Å². The van der Waals surface area contributed by atoms with Crippen molar-refractivity contribution in [3.8, 4) is 5.75 Å². The summed E-state index contributed by atoms with van der Waals surface area (Å²) < 4.78 is 8.64. The lowest BCUT2D eigenvalue weighted by atomic mass is 10.0. The maximum absolute atomic E-state index is 13.5. The zero-order valence-corrected chi connectivity index (χ0v) is 20.4. The van der Waals surface area contributed by atoms with Gasteiger partial charge in [-0.1, -0.05) is 29.8 Å². The fourth-order valence-electron chi connectivity index (χ4n) is 4.69. The van der Waals surface area contributed by atoms with E-state index in [1.165, 1.54) is 10.7 Å². The van der Waals surface area contributed by atoms with Crippen LogP contribution in [0.4, 0.5) is 5.69 Å². The number of hydrogen-bond acceptors (Lipinski definition) is 5. The van der Waals surface area contributed by atoms with Crippen molar-refractivity contribution in [1.82, 2.24) is 19.1 Å². The maximum atomic E-state index is 13.5. The monoisotopic (exact) mass is 491 g/mol. The van der Waals surface area contributed by atoms with E-state index in [-0.39, 0.29) is 11.5 Å². The summed E-state index contributed by atoms with van der Waals surface area (Å²) in [5, 5.41) is 7.70. The molecule has 0 spiro atoms. The van der Waals surface area contributed by atoms with Crippen molar-refractivity contribution in [2.45, 2.75) is 33.0 Å². The van der Waals surface area contributed by atoms with Crippen LogP contribution in [-0.4, -0.2) is 38.6 Å². The first kappa shape index (κ1) is 23.1. The average Bonchev–Trinajstić information content (AvgIpc) is 3.31. The highest BCUT2D eigenvalue weighted by molar-refractivity contribution is 6.31. The van der Waals surface area contributed by atoms with Crippen molar-refractivity contribution in [3.05, 3.63) is 92.5 Å². The van der Waals surface area contributed by atoms with Gasteiger partial charge in [-0.2, -0.15) is 9.61 Å². The molecule has 3 heterocycles. The minimum absolute atomic E-state index is 0.180. The van der Waals surface area contributed by atoms with Crippen LogP contribution in [-0.2, 0) is 26.1 Å². The molecule has 5 rings (SSSR count). The van der Waals surface area contributed by atoms with Gasteiger partial charge in [0.25, 0.3) is 11.5 Å². The average molecular weight is 492 g/mol. The van der Waals surface area contributed by atoms with Crippen molar-refractivity contribution in [3.63, 3.8) is 0 Å². The molecule has 2 aromatic heterocycles. The zero-order chi connectivity index (χ0) is 24.5. The molecule has 0 saturated heterocycles. The number of rotatable bonds is 6. The Morgan fingerprint density at radius 3 is 2.71 bits per heavy atom. The summed E-state index contributed by atoms with van der Waals surface area (Å²) in [6, 6.07) is 14.9. The van der Waals surface area contributed by atoms with Crippen LogP contribution in [0.25, 0.3) is 5.65 Å². The number of anilines is 1. The van der Waals surface area contributed by atoms with Gasteiger partial charge in [-0.15, -0.1) is 0 Å². The van der Waals surface area contributed by atoms with E-state index >= 15 is 0 Å². The largest absolute Gasteiger partial charge is 0.497 e. The molecule has 0 bridgehead atoms. The Kier molecular flexibility index (Phi) is 6.32. The van der Waals surface area contributed by atoms with E-state index in [4.69, 9.17) is 16.3 Å². The second-order valence-corrected chi connectivity index (χ2v) is 8.98. The normalized spacial score (nSPS) is 13.6. The van der Waals surface area contributed by atoms with Gasteiger partial charge in [-0.05, 0) is 42.8 Å². The number of nitrogens with zero attached hydrogens (tertiary/aromatic N) is 4. The molecule has 0 unspecified atom stereocenters. The first-order valence-corrected chi connectivity index (χ1v) is 11.9. The first-order chi connectivity index (χ1) is 17.0. The van der Waals surface area contributed by atoms with E-state index in [1.807, 2.05) is 35.8 Å². The SMILES string of the molecule is CCn1c2c(c(=O)n3ncc(C(=O)Nc4cccc(Cl)c4)c13)CN(Cc1ccc(OC)cc1)CC2. The van der Waals surface area contributed by atoms with E-state index in [0.717, 1.165) is 35.7 Å². The van der Waals surface area contributed by atoms with Gasteiger partial charge >= 0.3 is 0 Å². The number of aromatic nitrogens is 3. The second-order valence-electron chi connectivity index (χ2n) is 8.54. The Balaban J connectivity index is 1.47. The van der Waals surface area contributed by atoms with Crippen LogP contribution in [0.3, 0.4) is 0 Å². The Morgan fingerprint density at radius 1 is 1.20 bits per heavy atom. The Labute approximate surface area is 207 Å². The summed E-state index contributed by atoms with van der Waals surface area (Å²) in [7, 11) is 1.65. The number of nitrogens with one attached hydrogen (secondary N) is 1. The third-order valence-electron chi connectivity index (χ3n) is 6.38. The first-order valence-electron chi connectivity index (χ1n) is 11.5. The maximum Gasteiger partial charge on any atom is 0.279 e. The number of carbonyl (C=O) groups is 1. The van der Waals surface area contributed by atoms with Gasteiger partial charge in [0.1, 0.15) is 11.3 Å². The Morgan fingerprint density at radius 2 is 2.00 bits per heavy atom. The molecule has 0 radical (unpaired) electrons. The van der Waals surface area contributed by atoms with E-state index in [2.05, 4.69) is 15.3 Å². The van der Waals surface area contributed by atoms with E-state index < -0.39 is 0 Å². The summed E-state index contributed by atoms with van der Waals surface area (Å²) in [6.07, 6.45) is 2.18. The van der Waals surface area contributed by atoms with Crippen molar-refractivity contribution in [1.29, 1.82) is 0 Å². The number of hydrogen-bond donors (Lipinski definition) is 1. The van der Waals surface area contributed by atoms with E-state index in [1.54, 1.807) is 31.4 Å². The molecule has 1 amide bonds. The molecule has 1 aliphatic rings. The zero-order valence-electron chi connectivity index (χ0n) is 19.6. The number of fused-ring (bicyclic) bond motifs is 2. The highest BCUT2D eigenvalue weighted by atomic mass is 35.5. The van der Waals surface area contributed by atoms with Crippen LogP contribution < -0.4 is 15.6 Å². The van der Waals surface area contributed by atoms with Crippen molar-refractivity contribution < 1.29 is 9.53 Å². The molecular weight excluding hydrogens is 466 g/mol. The molecule has 180 valence electrons. The number of methoxy groups -OCH3 is 1. The van der Waals surface area contributed by atoms with Crippen molar-refractivity contribution >= 4 is 28.8 Å². The Hall–Kier alpha value is -3.62. The van der Waals surface area contributed by atoms with Gasteiger partial charge in [-0.3, -0.25) is 14.5 Å². The molecule has 4 aromatic rings. The topological polar surface area (TPSA) is 80.9 Å². The lowest BCUT2D eigenvalue weighted by Crippen LogP contribution is -2.38. The predicted octanol–water partition coefficient (Wildman–Crippen LogP) is 3.99. The van der Waals surface area contributed by atoms with Gasteiger partial charge in [-0.25, -0.2) is 0 Å². The lowest BCUT2D eigenvalue weighted by molar-refractivity contribution is 0.102. The smallest absolute Gasteiger partial charge is 0.279 e.